The second-order valence-corrected chi connectivity index (χ2v) is 11.6. The first-order valence-corrected chi connectivity index (χ1v) is 13.8. The molecular weight excluding hydrogens is 497 g/mol. The zero-order valence-corrected chi connectivity index (χ0v) is 21.5. The number of benzene rings is 1. The molecule has 1 fully saturated rings. The average molecular weight is 528 g/mol. The van der Waals surface area contributed by atoms with Crippen LogP contribution in [0.15, 0.2) is 52.2 Å². The summed E-state index contributed by atoms with van der Waals surface area (Å²) in [6.45, 7) is 3.44. The van der Waals surface area contributed by atoms with Crippen molar-refractivity contribution in [1.29, 1.82) is 0 Å². The molecule has 2 aromatic rings. The van der Waals surface area contributed by atoms with Gasteiger partial charge in [0.15, 0.2) is 6.23 Å². The maximum atomic E-state index is 12.4. The Morgan fingerprint density at radius 1 is 1.26 bits per heavy atom. The van der Waals surface area contributed by atoms with E-state index in [-0.39, 0.29) is 12.7 Å². The highest BCUT2D eigenvalue weighted by Crippen LogP contribution is 2.46. The third-order valence-corrected chi connectivity index (χ3v) is 7.79. The number of esters is 1. The summed E-state index contributed by atoms with van der Waals surface area (Å²) < 4.78 is 24.2. The number of para-hydroxylation sites is 1. The van der Waals surface area contributed by atoms with Gasteiger partial charge in [0.2, 0.25) is 0 Å². The van der Waals surface area contributed by atoms with E-state index in [0.29, 0.717) is 5.75 Å². The molecule has 1 aliphatic rings. The van der Waals surface area contributed by atoms with Gasteiger partial charge in [0.1, 0.15) is 17.9 Å². The minimum atomic E-state index is -3.30. The Bertz CT molecular complexity index is 1170. The van der Waals surface area contributed by atoms with Crippen molar-refractivity contribution >= 4 is 24.4 Å². The molecule has 1 aromatic carbocycles. The number of carbonyl (C=O) groups is 1. The van der Waals surface area contributed by atoms with Crippen LogP contribution in [0, 0.1) is 5.92 Å². The van der Waals surface area contributed by atoms with Crippen LogP contribution in [0.3, 0.4) is 0 Å². The molecule has 0 saturated carbocycles. The van der Waals surface area contributed by atoms with Gasteiger partial charge in [-0.15, -0.1) is 0 Å². The van der Waals surface area contributed by atoms with Crippen molar-refractivity contribution < 1.29 is 28.4 Å². The van der Waals surface area contributed by atoms with Crippen molar-refractivity contribution in [3.63, 3.8) is 0 Å². The fourth-order valence-corrected chi connectivity index (χ4v) is 5.84. The summed E-state index contributed by atoms with van der Waals surface area (Å²) in [5, 5.41) is 13.6. The van der Waals surface area contributed by atoms with E-state index in [1.54, 1.807) is 52.0 Å². The zero-order chi connectivity index (χ0) is 25.8. The predicted octanol–water partition coefficient (Wildman–Crippen LogP) is 1.68. The summed E-state index contributed by atoms with van der Waals surface area (Å²) in [5.74, 6) is -0.499. The lowest BCUT2D eigenvalue weighted by Gasteiger charge is -2.28. The number of nitrogens with one attached hydrogen (secondary N) is 2. The summed E-state index contributed by atoms with van der Waals surface area (Å²) >= 11 is 5.69. The van der Waals surface area contributed by atoms with Gasteiger partial charge in [0.25, 0.3) is 5.56 Å². The topological polar surface area (TPSA) is 141 Å². The van der Waals surface area contributed by atoms with Gasteiger partial charge in [-0.3, -0.25) is 19.1 Å². The van der Waals surface area contributed by atoms with E-state index >= 15 is 0 Å². The third kappa shape index (κ3) is 7.09. The zero-order valence-electron chi connectivity index (χ0n) is 19.8. The van der Waals surface area contributed by atoms with Crippen LogP contribution >= 0.6 is 6.64 Å². The lowest BCUT2D eigenvalue weighted by molar-refractivity contribution is -0.149. The number of rotatable bonds is 10. The highest BCUT2D eigenvalue weighted by Gasteiger charge is 2.43. The molecule has 0 amide bonds. The Kier molecular flexibility index (Phi) is 9.03. The van der Waals surface area contributed by atoms with Gasteiger partial charge in [-0.1, -0.05) is 25.1 Å². The Morgan fingerprint density at radius 2 is 1.94 bits per heavy atom. The molecule has 2 heterocycles. The van der Waals surface area contributed by atoms with E-state index in [2.05, 4.69) is 10.1 Å². The Hall–Kier alpha value is -2.34. The number of aromatic amines is 1. The number of hydrogen-bond donors (Lipinski definition) is 3. The first kappa shape index (κ1) is 27.3. The normalized spacial score (nSPS) is 24.6. The lowest BCUT2D eigenvalue weighted by atomic mass is 10.0. The Labute approximate surface area is 207 Å². The molecule has 1 saturated heterocycles. The predicted molar refractivity (Wildman–Crippen MR) is 132 cm³/mol. The van der Waals surface area contributed by atoms with Crippen LogP contribution in [-0.4, -0.2) is 51.6 Å². The van der Waals surface area contributed by atoms with E-state index in [0.717, 1.165) is 4.57 Å². The SMILES string of the molecule is CC(C)OC(=O)[C@H](C)NP(=S)(OC[C@H]1O[C@@H](n2ccc(=O)[nH]c2=O)[C@H](O)[C@@H]1C)Oc1ccccc1. The molecule has 3 rings (SSSR count). The van der Waals surface area contributed by atoms with Crippen molar-refractivity contribution in [3.8, 4) is 5.75 Å². The average Bonchev–Trinajstić information content (AvgIpc) is 3.06. The monoisotopic (exact) mass is 527 g/mol. The molecule has 13 heteroatoms. The smallest absolute Gasteiger partial charge is 0.330 e. The van der Waals surface area contributed by atoms with Crippen molar-refractivity contribution in [2.45, 2.75) is 58.3 Å². The summed E-state index contributed by atoms with van der Waals surface area (Å²) in [5.41, 5.74) is -1.26. The number of H-pyrrole nitrogens is 1. The van der Waals surface area contributed by atoms with Crippen LogP contribution < -0.4 is 20.9 Å². The van der Waals surface area contributed by atoms with Gasteiger partial charge < -0.3 is 23.6 Å². The summed E-state index contributed by atoms with van der Waals surface area (Å²) in [6.07, 6.45) is -1.77. The third-order valence-electron chi connectivity index (χ3n) is 5.29. The Morgan fingerprint density at radius 3 is 2.57 bits per heavy atom. The number of aliphatic hydroxyl groups excluding tert-OH is 1. The van der Waals surface area contributed by atoms with Crippen molar-refractivity contribution in [1.82, 2.24) is 14.6 Å². The molecule has 11 nitrogen and oxygen atoms in total. The van der Waals surface area contributed by atoms with Crippen molar-refractivity contribution in [2.75, 3.05) is 6.61 Å². The van der Waals surface area contributed by atoms with Gasteiger partial charge >= 0.3 is 18.3 Å². The molecule has 1 unspecified atom stereocenters. The van der Waals surface area contributed by atoms with E-state index in [1.807, 2.05) is 6.07 Å². The largest absolute Gasteiger partial charge is 0.462 e. The molecule has 0 spiro atoms. The van der Waals surface area contributed by atoms with E-state index in [1.165, 1.54) is 12.3 Å². The first-order valence-electron chi connectivity index (χ1n) is 11.1. The second-order valence-electron chi connectivity index (χ2n) is 8.47. The highest BCUT2D eigenvalue weighted by atomic mass is 32.5. The summed E-state index contributed by atoms with van der Waals surface area (Å²) in [4.78, 5) is 38.0. The van der Waals surface area contributed by atoms with Gasteiger partial charge in [-0.05, 0) is 44.7 Å². The minimum absolute atomic E-state index is 0.0874. The van der Waals surface area contributed by atoms with E-state index in [9.17, 15) is 19.5 Å². The van der Waals surface area contributed by atoms with E-state index < -0.39 is 54.3 Å². The van der Waals surface area contributed by atoms with Gasteiger partial charge in [-0.2, -0.15) is 0 Å². The molecule has 0 aliphatic carbocycles. The maximum Gasteiger partial charge on any atom is 0.330 e. The quantitative estimate of drug-likeness (QED) is 0.309. The van der Waals surface area contributed by atoms with E-state index in [4.69, 9.17) is 30.3 Å². The van der Waals surface area contributed by atoms with Crippen LogP contribution in [-0.2, 0) is 30.6 Å². The second kappa shape index (κ2) is 11.6. The van der Waals surface area contributed by atoms with Crippen LogP contribution in [0.4, 0.5) is 0 Å². The lowest BCUT2D eigenvalue weighted by Crippen LogP contribution is -2.37. The number of hydrogen-bond acceptors (Lipinski definition) is 9. The van der Waals surface area contributed by atoms with Crippen LogP contribution in [0.5, 0.6) is 5.75 Å². The van der Waals surface area contributed by atoms with Crippen LogP contribution in [0.2, 0.25) is 0 Å². The Balaban J connectivity index is 1.75. The fraction of sp³-hybridized carbons (Fsp3) is 0.500. The van der Waals surface area contributed by atoms with Crippen molar-refractivity contribution in [3.05, 3.63) is 63.4 Å². The number of aromatic nitrogens is 2. The standard InChI is InChI=1S/C22H30N3O8PS/c1-13(2)31-21(28)15(4)24-34(35,33-16-8-6-5-7-9-16)30-12-17-14(3)19(27)20(32-17)25-11-10-18(26)23-22(25)29/h5-11,13-15,17,19-20,27H,12H2,1-4H3,(H,24,35)(H,23,26,29)/t14-,15+,17-,19-,20-,34?/m1/s1. The summed E-state index contributed by atoms with van der Waals surface area (Å²) in [7, 11) is 0. The van der Waals surface area contributed by atoms with Gasteiger partial charge in [0.05, 0.1) is 18.8 Å². The number of ether oxygens (including phenoxy) is 2. The molecular formula is C22H30N3O8PS. The molecule has 6 atom stereocenters. The first-order chi connectivity index (χ1) is 16.5. The van der Waals surface area contributed by atoms with Gasteiger partial charge in [0, 0.05) is 18.2 Å². The van der Waals surface area contributed by atoms with Crippen LogP contribution in [0.25, 0.3) is 0 Å². The number of carbonyl (C=O) groups excluding carboxylic acids is 1. The number of nitrogens with zero attached hydrogens (tertiary/aromatic N) is 1. The molecule has 1 aliphatic heterocycles. The molecule has 192 valence electrons. The summed E-state index contributed by atoms with van der Waals surface area (Å²) in [6, 6.07) is 9.14. The fourth-order valence-electron chi connectivity index (χ4n) is 3.42. The van der Waals surface area contributed by atoms with Crippen LogP contribution in [0.1, 0.15) is 33.9 Å². The van der Waals surface area contributed by atoms with Gasteiger partial charge in [-0.25, -0.2) is 9.88 Å². The minimum Gasteiger partial charge on any atom is -0.462 e. The molecule has 1 aromatic heterocycles. The molecule has 0 bridgehead atoms. The highest BCUT2D eigenvalue weighted by molar-refractivity contribution is 8.09. The molecule has 3 N–H and O–H groups in total. The maximum absolute atomic E-state index is 12.4. The number of aliphatic hydroxyl groups is 1. The molecule has 35 heavy (non-hydrogen) atoms. The van der Waals surface area contributed by atoms with Crippen molar-refractivity contribution in [2.24, 2.45) is 5.92 Å². The molecule has 0 radical (unpaired) electrons.